The fourth-order valence-electron chi connectivity index (χ4n) is 1.78. The van der Waals surface area contributed by atoms with Gasteiger partial charge in [0.15, 0.2) is 0 Å². The molecule has 0 amide bonds. The minimum atomic E-state index is 0.802. The highest BCUT2D eigenvalue weighted by molar-refractivity contribution is 7.99. The zero-order chi connectivity index (χ0) is 11.2. The molecule has 1 heterocycles. The number of benzene rings is 1. The number of rotatable bonds is 4. The summed E-state index contributed by atoms with van der Waals surface area (Å²) in [5.41, 5.74) is 1.04. The highest BCUT2D eigenvalue weighted by atomic mass is 35.5. The number of hydrogen-bond acceptors (Lipinski definition) is 3. The molecule has 1 N–H and O–H groups in total. The third-order valence-electron chi connectivity index (χ3n) is 2.72. The van der Waals surface area contributed by atoms with Crippen LogP contribution in [0.25, 0.3) is 0 Å². The molecule has 0 atom stereocenters. The second kappa shape index (κ2) is 6.38. The first kappa shape index (κ1) is 12.1. The lowest BCUT2D eigenvalue weighted by Gasteiger charge is -2.26. The van der Waals surface area contributed by atoms with Crippen molar-refractivity contribution in [2.75, 3.05) is 43.0 Å². The van der Waals surface area contributed by atoms with Gasteiger partial charge in [0.2, 0.25) is 0 Å². The first-order chi connectivity index (χ1) is 7.86. The molecule has 1 aliphatic rings. The minimum Gasteiger partial charge on any atom is -0.383 e. The molecule has 1 fully saturated rings. The summed E-state index contributed by atoms with van der Waals surface area (Å²) in [6.45, 7) is 4.50. The molecule has 1 aromatic rings. The van der Waals surface area contributed by atoms with Gasteiger partial charge in [0.25, 0.3) is 0 Å². The zero-order valence-electron chi connectivity index (χ0n) is 9.29. The van der Waals surface area contributed by atoms with Crippen LogP contribution in [0.4, 0.5) is 5.69 Å². The Morgan fingerprint density at radius 2 is 2.00 bits per heavy atom. The summed E-state index contributed by atoms with van der Waals surface area (Å²) in [5.74, 6) is 2.54. The molecule has 2 nitrogen and oxygen atoms in total. The van der Waals surface area contributed by atoms with Crippen molar-refractivity contribution in [2.45, 2.75) is 0 Å². The Morgan fingerprint density at radius 1 is 1.25 bits per heavy atom. The van der Waals surface area contributed by atoms with Crippen molar-refractivity contribution in [3.05, 3.63) is 29.3 Å². The van der Waals surface area contributed by atoms with Crippen LogP contribution in [0.5, 0.6) is 0 Å². The highest BCUT2D eigenvalue weighted by Gasteiger charge is 2.09. The van der Waals surface area contributed by atoms with Crippen LogP contribution in [0.2, 0.25) is 5.02 Å². The number of anilines is 1. The Hall–Kier alpha value is -0.380. The van der Waals surface area contributed by atoms with Crippen LogP contribution in [0.15, 0.2) is 24.3 Å². The van der Waals surface area contributed by atoms with E-state index in [1.807, 2.05) is 36.0 Å². The van der Waals surface area contributed by atoms with Crippen LogP contribution >= 0.6 is 23.4 Å². The van der Waals surface area contributed by atoms with Gasteiger partial charge in [-0.25, -0.2) is 0 Å². The maximum atomic E-state index is 6.07. The molecule has 0 spiro atoms. The molecule has 1 aromatic carbocycles. The average Bonchev–Trinajstić information content (AvgIpc) is 2.33. The van der Waals surface area contributed by atoms with Gasteiger partial charge in [-0.1, -0.05) is 23.7 Å². The van der Waals surface area contributed by atoms with E-state index >= 15 is 0 Å². The maximum Gasteiger partial charge on any atom is 0.0637 e. The number of nitrogens with one attached hydrogen (secondary N) is 1. The second-order valence-electron chi connectivity index (χ2n) is 3.86. The first-order valence-electron chi connectivity index (χ1n) is 5.65. The van der Waals surface area contributed by atoms with E-state index in [0.717, 1.165) is 23.8 Å². The number of para-hydroxylation sites is 1. The molecule has 0 saturated carbocycles. The summed E-state index contributed by atoms with van der Waals surface area (Å²) in [7, 11) is 0. The van der Waals surface area contributed by atoms with E-state index < -0.39 is 0 Å². The van der Waals surface area contributed by atoms with E-state index in [-0.39, 0.29) is 0 Å². The summed E-state index contributed by atoms with van der Waals surface area (Å²) >= 11 is 8.11. The molecule has 1 aliphatic heterocycles. The van der Waals surface area contributed by atoms with Gasteiger partial charge in [0.1, 0.15) is 0 Å². The summed E-state index contributed by atoms with van der Waals surface area (Å²) in [6.07, 6.45) is 0. The molecule has 0 aromatic heterocycles. The molecule has 0 bridgehead atoms. The lowest BCUT2D eigenvalue weighted by molar-refractivity contribution is 0.314. The monoisotopic (exact) mass is 256 g/mol. The van der Waals surface area contributed by atoms with Crippen molar-refractivity contribution >= 4 is 29.1 Å². The van der Waals surface area contributed by atoms with Crippen molar-refractivity contribution in [3.8, 4) is 0 Å². The van der Waals surface area contributed by atoms with Gasteiger partial charge in [0, 0.05) is 37.7 Å². The number of halogens is 1. The van der Waals surface area contributed by atoms with Crippen molar-refractivity contribution in [1.82, 2.24) is 4.90 Å². The largest absolute Gasteiger partial charge is 0.383 e. The van der Waals surface area contributed by atoms with Gasteiger partial charge >= 0.3 is 0 Å². The SMILES string of the molecule is Clc1ccccc1NCCN1CCSCC1. The number of nitrogens with zero attached hydrogens (tertiary/aromatic N) is 1. The highest BCUT2D eigenvalue weighted by Crippen LogP contribution is 2.20. The summed E-state index contributed by atoms with van der Waals surface area (Å²) in [4.78, 5) is 2.50. The van der Waals surface area contributed by atoms with E-state index in [4.69, 9.17) is 11.6 Å². The van der Waals surface area contributed by atoms with E-state index in [1.54, 1.807) is 0 Å². The normalized spacial score (nSPS) is 17.3. The van der Waals surface area contributed by atoms with E-state index in [0.29, 0.717) is 0 Å². The molecule has 1 saturated heterocycles. The van der Waals surface area contributed by atoms with E-state index in [1.165, 1.54) is 24.6 Å². The Balaban J connectivity index is 1.73. The van der Waals surface area contributed by atoms with Gasteiger partial charge in [-0.2, -0.15) is 11.8 Å². The summed E-state index contributed by atoms with van der Waals surface area (Å²) in [5, 5.41) is 4.18. The quantitative estimate of drug-likeness (QED) is 0.892. The van der Waals surface area contributed by atoms with Gasteiger partial charge in [-0.05, 0) is 12.1 Å². The average molecular weight is 257 g/mol. The summed E-state index contributed by atoms with van der Waals surface area (Å²) < 4.78 is 0. The van der Waals surface area contributed by atoms with Crippen LogP contribution in [-0.2, 0) is 0 Å². The van der Waals surface area contributed by atoms with Gasteiger partial charge in [0.05, 0.1) is 10.7 Å². The number of thioether (sulfide) groups is 1. The first-order valence-corrected chi connectivity index (χ1v) is 7.18. The van der Waals surface area contributed by atoms with E-state index in [2.05, 4.69) is 10.2 Å². The lowest BCUT2D eigenvalue weighted by atomic mass is 10.3. The molecule has 0 aliphatic carbocycles. The third kappa shape index (κ3) is 3.58. The molecule has 0 radical (unpaired) electrons. The molecule has 16 heavy (non-hydrogen) atoms. The smallest absolute Gasteiger partial charge is 0.0637 e. The maximum absolute atomic E-state index is 6.07. The standard InChI is InChI=1S/C12H17ClN2S/c13-11-3-1-2-4-12(11)14-5-6-15-7-9-16-10-8-15/h1-4,14H,5-10H2. The van der Waals surface area contributed by atoms with Crippen molar-refractivity contribution in [1.29, 1.82) is 0 Å². The van der Waals surface area contributed by atoms with Crippen LogP contribution in [0.3, 0.4) is 0 Å². The molecular formula is C12H17ClN2S. The van der Waals surface area contributed by atoms with Crippen molar-refractivity contribution in [3.63, 3.8) is 0 Å². The van der Waals surface area contributed by atoms with Crippen LogP contribution in [-0.4, -0.2) is 42.6 Å². The predicted molar refractivity (Wildman–Crippen MR) is 73.7 cm³/mol. The van der Waals surface area contributed by atoms with E-state index in [9.17, 15) is 0 Å². The molecular weight excluding hydrogens is 240 g/mol. The predicted octanol–water partition coefficient (Wildman–Crippen LogP) is 2.80. The van der Waals surface area contributed by atoms with Crippen molar-refractivity contribution in [2.24, 2.45) is 0 Å². The summed E-state index contributed by atoms with van der Waals surface area (Å²) in [6, 6.07) is 7.90. The Bertz CT molecular complexity index is 327. The topological polar surface area (TPSA) is 15.3 Å². The number of hydrogen-bond donors (Lipinski definition) is 1. The fourth-order valence-corrected chi connectivity index (χ4v) is 2.96. The molecule has 4 heteroatoms. The zero-order valence-corrected chi connectivity index (χ0v) is 10.9. The van der Waals surface area contributed by atoms with Gasteiger partial charge in [-0.15, -0.1) is 0 Å². The molecule has 2 rings (SSSR count). The molecule has 0 unspecified atom stereocenters. The van der Waals surface area contributed by atoms with Crippen LogP contribution in [0, 0.1) is 0 Å². The lowest BCUT2D eigenvalue weighted by Crippen LogP contribution is -2.36. The fraction of sp³-hybridized carbons (Fsp3) is 0.500. The Labute approximate surface area is 106 Å². The van der Waals surface area contributed by atoms with Gasteiger partial charge in [-0.3, -0.25) is 4.90 Å². The van der Waals surface area contributed by atoms with Crippen LogP contribution < -0.4 is 5.32 Å². The Morgan fingerprint density at radius 3 is 2.75 bits per heavy atom. The van der Waals surface area contributed by atoms with Gasteiger partial charge < -0.3 is 5.32 Å². The molecule has 88 valence electrons. The van der Waals surface area contributed by atoms with Crippen molar-refractivity contribution < 1.29 is 0 Å². The van der Waals surface area contributed by atoms with Crippen LogP contribution in [0.1, 0.15) is 0 Å². The third-order valence-corrected chi connectivity index (χ3v) is 3.99. The Kier molecular flexibility index (Phi) is 4.82. The second-order valence-corrected chi connectivity index (χ2v) is 5.49. The minimum absolute atomic E-state index is 0.802.